The Morgan fingerprint density at radius 1 is 1.08 bits per heavy atom. The molecule has 6 heteroatoms. The van der Waals surface area contributed by atoms with Gasteiger partial charge < -0.3 is 19.1 Å². The normalized spacial score (nSPS) is 12.3. The Morgan fingerprint density at radius 3 is 2.46 bits per heavy atom. The largest absolute Gasteiger partial charge is 0.491 e. The molecular weight excluding hydrogens is 333 g/mol. The zero-order chi connectivity index (χ0) is 17.1. The van der Waals surface area contributed by atoms with Crippen LogP contribution in [0, 0.1) is 5.82 Å². The van der Waals surface area contributed by atoms with Gasteiger partial charge in [0.1, 0.15) is 36.6 Å². The zero-order valence-corrected chi connectivity index (χ0v) is 13.8. The number of aliphatic hydroxyl groups is 1. The van der Waals surface area contributed by atoms with E-state index in [4.69, 9.17) is 21.1 Å². The van der Waals surface area contributed by atoms with Crippen molar-refractivity contribution < 1.29 is 19.0 Å². The molecule has 0 saturated heterocycles. The molecule has 2 aromatic carbocycles. The summed E-state index contributed by atoms with van der Waals surface area (Å²) in [5.41, 5.74) is 1.11. The number of hydrogen-bond acceptors (Lipinski definition) is 3. The lowest BCUT2D eigenvalue weighted by Crippen LogP contribution is -2.25. The first kappa shape index (κ1) is 16.6. The van der Waals surface area contributed by atoms with Crippen LogP contribution in [0.25, 0.3) is 10.9 Å². The van der Waals surface area contributed by atoms with Crippen molar-refractivity contribution in [1.82, 2.24) is 4.57 Å². The van der Waals surface area contributed by atoms with Gasteiger partial charge in [-0.15, -0.1) is 0 Å². The van der Waals surface area contributed by atoms with Gasteiger partial charge in [0.15, 0.2) is 0 Å². The summed E-state index contributed by atoms with van der Waals surface area (Å²) in [5, 5.41) is 11.0. The van der Waals surface area contributed by atoms with Gasteiger partial charge >= 0.3 is 0 Å². The van der Waals surface area contributed by atoms with Gasteiger partial charge in [-0.25, -0.2) is 4.39 Å². The van der Waals surface area contributed by atoms with Crippen molar-refractivity contribution in [3.8, 4) is 11.5 Å². The van der Waals surface area contributed by atoms with Gasteiger partial charge in [-0.3, -0.25) is 0 Å². The maximum absolute atomic E-state index is 13.1. The first-order valence-corrected chi connectivity index (χ1v) is 7.84. The SMILES string of the molecule is Cn1ccc2cc(OCC(O)COc3ccc(F)c(Cl)c3)ccc21. The number of ether oxygens (including phenoxy) is 2. The number of aryl methyl sites for hydroxylation is 1. The smallest absolute Gasteiger partial charge is 0.142 e. The van der Waals surface area contributed by atoms with E-state index in [-0.39, 0.29) is 18.2 Å². The van der Waals surface area contributed by atoms with E-state index in [0.29, 0.717) is 11.5 Å². The fourth-order valence-corrected chi connectivity index (χ4v) is 2.52. The molecule has 0 spiro atoms. The third-order valence-corrected chi connectivity index (χ3v) is 3.92. The van der Waals surface area contributed by atoms with Crippen molar-refractivity contribution in [3.63, 3.8) is 0 Å². The van der Waals surface area contributed by atoms with Crippen molar-refractivity contribution >= 4 is 22.5 Å². The lowest BCUT2D eigenvalue weighted by atomic mass is 10.2. The molecule has 1 atom stereocenters. The Morgan fingerprint density at radius 2 is 1.75 bits per heavy atom. The monoisotopic (exact) mass is 349 g/mol. The summed E-state index contributed by atoms with van der Waals surface area (Å²) in [5.74, 6) is 0.563. The molecule has 1 heterocycles. The van der Waals surface area contributed by atoms with E-state index < -0.39 is 11.9 Å². The minimum absolute atomic E-state index is 0.0191. The average molecular weight is 350 g/mol. The molecular formula is C18H17ClFNO3. The summed E-state index contributed by atoms with van der Waals surface area (Å²) >= 11 is 5.68. The van der Waals surface area contributed by atoms with Crippen LogP contribution in [0.5, 0.6) is 11.5 Å². The quantitative estimate of drug-likeness (QED) is 0.736. The van der Waals surface area contributed by atoms with Crippen LogP contribution in [-0.2, 0) is 7.05 Å². The maximum atomic E-state index is 13.1. The molecule has 126 valence electrons. The molecule has 0 radical (unpaired) electrons. The number of aliphatic hydroxyl groups excluding tert-OH is 1. The predicted octanol–water partition coefficient (Wildman–Crippen LogP) is 3.79. The van der Waals surface area contributed by atoms with Gasteiger partial charge in [0.25, 0.3) is 0 Å². The fraction of sp³-hybridized carbons (Fsp3) is 0.222. The molecule has 0 amide bonds. The minimum Gasteiger partial charge on any atom is -0.491 e. The molecule has 0 fully saturated rings. The van der Waals surface area contributed by atoms with E-state index >= 15 is 0 Å². The van der Waals surface area contributed by atoms with Crippen LogP contribution in [0.15, 0.2) is 48.7 Å². The summed E-state index contributed by atoms with van der Waals surface area (Å²) in [6, 6.07) is 11.8. The minimum atomic E-state index is -0.819. The van der Waals surface area contributed by atoms with E-state index in [9.17, 15) is 9.50 Å². The molecule has 3 aromatic rings. The van der Waals surface area contributed by atoms with E-state index in [0.717, 1.165) is 10.9 Å². The lowest BCUT2D eigenvalue weighted by Gasteiger charge is -2.14. The Hall–Kier alpha value is -2.24. The van der Waals surface area contributed by atoms with Crippen LogP contribution in [0.1, 0.15) is 0 Å². The van der Waals surface area contributed by atoms with E-state index in [2.05, 4.69) is 0 Å². The summed E-state index contributed by atoms with van der Waals surface area (Å²) < 4.78 is 26.1. The van der Waals surface area contributed by atoms with Gasteiger partial charge in [-0.2, -0.15) is 0 Å². The predicted molar refractivity (Wildman–Crippen MR) is 91.3 cm³/mol. The Bertz CT molecular complexity index is 849. The molecule has 0 aliphatic carbocycles. The van der Waals surface area contributed by atoms with Crippen molar-refractivity contribution in [3.05, 3.63) is 59.5 Å². The van der Waals surface area contributed by atoms with E-state index in [1.54, 1.807) is 0 Å². The van der Waals surface area contributed by atoms with Gasteiger partial charge in [0.05, 0.1) is 5.02 Å². The highest BCUT2D eigenvalue weighted by Crippen LogP contribution is 2.22. The second-order valence-electron chi connectivity index (χ2n) is 5.50. The summed E-state index contributed by atoms with van der Waals surface area (Å²) in [6.07, 6.45) is 1.16. The first-order chi connectivity index (χ1) is 11.5. The number of fused-ring (bicyclic) bond motifs is 1. The Labute approximate surface area is 144 Å². The van der Waals surface area contributed by atoms with E-state index in [1.165, 1.54) is 18.2 Å². The molecule has 24 heavy (non-hydrogen) atoms. The molecule has 3 rings (SSSR count). The number of nitrogens with zero attached hydrogens (tertiary/aromatic N) is 1. The highest BCUT2D eigenvalue weighted by molar-refractivity contribution is 6.30. The average Bonchev–Trinajstić information content (AvgIpc) is 2.94. The van der Waals surface area contributed by atoms with Crippen molar-refractivity contribution in [2.75, 3.05) is 13.2 Å². The second kappa shape index (κ2) is 7.11. The van der Waals surface area contributed by atoms with Crippen molar-refractivity contribution in [2.24, 2.45) is 7.05 Å². The second-order valence-corrected chi connectivity index (χ2v) is 5.91. The van der Waals surface area contributed by atoms with Gasteiger partial charge in [-0.05, 0) is 36.4 Å². The fourth-order valence-electron chi connectivity index (χ4n) is 2.35. The lowest BCUT2D eigenvalue weighted by molar-refractivity contribution is 0.0627. The van der Waals surface area contributed by atoms with Crippen LogP contribution in [0.3, 0.4) is 0 Å². The van der Waals surface area contributed by atoms with Crippen LogP contribution in [0.2, 0.25) is 5.02 Å². The third kappa shape index (κ3) is 3.80. The van der Waals surface area contributed by atoms with Crippen LogP contribution in [-0.4, -0.2) is 29.0 Å². The highest BCUT2D eigenvalue weighted by Gasteiger charge is 2.09. The molecule has 0 bridgehead atoms. The zero-order valence-electron chi connectivity index (χ0n) is 13.1. The maximum Gasteiger partial charge on any atom is 0.142 e. The number of benzene rings is 2. The van der Waals surface area contributed by atoms with Crippen molar-refractivity contribution in [2.45, 2.75) is 6.10 Å². The molecule has 4 nitrogen and oxygen atoms in total. The van der Waals surface area contributed by atoms with Gasteiger partial charge in [0, 0.05) is 30.2 Å². The molecule has 0 aliphatic rings. The number of aromatic nitrogens is 1. The standard InChI is InChI=1S/C18H17ClFNO3/c1-21-7-6-12-8-14(3-5-18(12)21)23-10-13(22)11-24-15-2-4-17(20)16(19)9-15/h2-9,13,22H,10-11H2,1H3. The van der Waals surface area contributed by atoms with Gasteiger partial charge in [-0.1, -0.05) is 11.6 Å². The van der Waals surface area contributed by atoms with Crippen LogP contribution < -0.4 is 9.47 Å². The summed E-state index contributed by atoms with van der Waals surface area (Å²) in [7, 11) is 1.98. The van der Waals surface area contributed by atoms with Crippen LogP contribution >= 0.6 is 11.6 Å². The number of halogens is 2. The van der Waals surface area contributed by atoms with Crippen LogP contribution in [0.4, 0.5) is 4.39 Å². The van der Waals surface area contributed by atoms with Crippen molar-refractivity contribution in [1.29, 1.82) is 0 Å². The molecule has 0 aliphatic heterocycles. The van der Waals surface area contributed by atoms with Gasteiger partial charge in [0.2, 0.25) is 0 Å². The Kier molecular flexibility index (Phi) is 4.92. The first-order valence-electron chi connectivity index (χ1n) is 7.47. The molecule has 1 N–H and O–H groups in total. The highest BCUT2D eigenvalue weighted by atomic mass is 35.5. The topological polar surface area (TPSA) is 43.6 Å². The molecule has 0 saturated carbocycles. The molecule has 1 unspecified atom stereocenters. The number of hydrogen-bond donors (Lipinski definition) is 1. The summed E-state index contributed by atoms with van der Waals surface area (Å²) in [4.78, 5) is 0. The summed E-state index contributed by atoms with van der Waals surface area (Å²) in [6.45, 7) is 0.114. The molecule has 1 aromatic heterocycles. The Balaban J connectivity index is 1.52. The third-order valence-electron chi connectivity index (χ3n) is 3.63. The number of rotatable bonds is 6. The van der Waals surface area contributed by atoms with E-state index in [1.807, 2.05) is 42.1 Å².